The van der Waals surface area contributed by atoms with E-state index in [1.54, 1.807) is 24.3 Å². The van der Waals surface area contributed by atoms with Crippen molar-refractivity contribution in [2.75, 3.05) is 27.3 Å². The van der Waals surface area contributed by atoms with Gasteiger partial charge in [0, 0.05) is 24.7 Å². The first kappa shape index (κ1) is 20.0. The molecule has 27 heavy (non-hydrogen) atoms. The first-order valence-electron chi connectivity index (χ1n) is 8.56. The van der Waals surface area contributed by atoms with E-state index < -0.39 is 0 Å². The number of hydrogen-bond donors (Lipinski definition) is 2. The Morgan fingerprint density at radius 1 is 0.963 bits per heavy atom. The molecule has 0 atom stereocenters. The van der Waals surface area contributed by atoms with Crippen molar-refractivity contribution in [1.82, 2.24) is 10.6 Å². The minimum absolute atomic E-state index is 0.211. The van der Waals surface area contributed by atoms with Gasteiger partial charge in [-0.3, -0.25) is 9.59 Å². The molecule has 2 rings (SSSR count). The van der Waals surface area contributed by atoms with E-state index in [4.69, 9.17) is 9.47 Å². The number of aryl methyl sites for hydroxylation is 1. The molecule has 2 aromatic rings. The third-order valence-corrected chi connectivity index (χ3v) is 3.82. The van der Waals surface area contributed by atoms with Gasteiger partial charge in [-0.1, -0.05) is 29.8 Å². The van der Waals surface area contributed by atoms with Crippen LogP contribution in [0, 0.1) is 6.92 Å². The first-order valence-corrected chi connectivity index (χ1v) is 8.56. The summed E-state index contributed by atoms with van der Waals surface area (Å²) in [7, 11) is 3.05. The Kier molecular flexibility index (Phi) is 7.43. The van der Waals surface area contributed by atoms with E-state index >= 15 is 0 Å². The Bertz CT molecular complexity index is 831. The van der Waals surface area contributed by atoms with E-state index in [1.165, 1.54) is 20.3 Å². The van der Waals surface area contributed by atoms with Crippen molar-refractivity contribution >= 4 is 17.9 Å². The molecule has 0 radical (unpaired) electrons. The Hall–Kier alpha value is -3.28. The summed E-state index contributed by atoms with van der Waals surface area (Å²) < 4.78 is 10.3. The largest absolute Gasteiger partial charge is 0.493 e. The number of benzene rings is 2. The monoisotopic (exact) mass is 368 g/mol. The Morgan fingerprint density at radius 2 is 1.70 bits per heavy atom. The molecule has 0 spiro atoms. The molecule has 6 heteroatoms. The van der Waals surface area contributed by atoms with Crippen LogP contribution in [0.2, 0.25) is 0 Å². The Labute approximate surface area is 159 Å². The van der Waals surface area contributed by atoms with E-state index in [0.717, 1.165) is 11.1 Å². The number of carbonyl (C=O) groups excluding carboxylic acids is 2. The van der Waals surface area contributed by atoms with E-state index in [2.05, 4.69) is 10.6 Å². The van der Waals surface area contributed by atoms with Crippen molar-refractivity contribution in [1.29, 1.82) is 0 Å². The minimum atomic E-state index is -0.250. The second-order valence-corrected chi connectivity index (χ2v) is 5.86. The van der Waals surface area contributed by atoms with Gasteiger partial charge in [0.1, 0.15) is 0 Å². The normalized spacial score (nSPS) is 10.5. The van der Waals surface area contributed by atoms with Crippen LogP contribution in [0.1, 0.15) is 21.5 Å². The van der Waals surface area contributed by atoms with Crippen molar-refractivity contribution < 1.29 is 19.1 Å². The number of carbonyl (C=O) groups is 2. The zero-order valence-corrected chi connectivity index (χ0v) is 15.7. The van der Waals surface area contributed by atoms with Gasteiger partial charge in [0.05, 0.1) is 14.2 Å². The molecule has 0 aliphatic rings. The maximum Gasteiger partial charge on any atom is 0.251 e. The van der Waals surface area contributed by atoms with Gasteiger partial charge in [0.2, 0.25) is 5.91 Å². The molecule has 0 aliphatic carbocycles. The number of ether oxygens (including phenoxy) is 2. The minimum Gasteiger partial charge on any atom is -0.493 e. The summed E-state index contributed by atoms with van der Waals surface area (Å²) in [6, 6.07) is 12.8. The fourth-order valence-electron chi connectivity index (χ4n) is 2.45. The molecule has 0 bridgehead atoms. The van der Waals surface area contributed by atoms with Crippen molar-refractivity contribution in [3.8, 4) is 11.5 Å². The predicted molar refractivity (Wildman–Crippen MR) is 105 cm³/mol. The number of rotatable bonds is 8. The summed E-state index contributed by atoms with van der Waals surface area (Å²) in [6.07, 6.45) is 3.23. The lowest BCUT2D eigenvalue weighted by Crippen LogP contribution is -2.34. The molecule has 142 valence electrons. The fourth-order valence-corrected chi connectivity index (χ4v) is 2.45. The Morgan fingerprint density at radius 3 is 2.41 bits per heavy atom. The van der Waals surface area contributed by atoms with Gasteiger partial charge in [-0.25, -0.2) is 0 Å². The maximum atomic E-state index is 12.2. The second-order valence-electron chi connectivity index (χ2n) is 5.86. The smallest absolute Gasteiger partial charge is 0.251 e. The molecule has 0 aliphatic heterocycles. The van der Waals surface area contributed by atoms with Crippen LogP contribution < -0.4 is 20.1 Å². The number of amides is 2. The average Bonchev–Trinajstić information content (AvgIpc) is 2.69. The van der Waals surface area contributed by atoms with Crippen molar-refractivity contribution in [3.63, 3.8) is 0 Å². The van der Waals surface area contributed by atoms with Gasteiger partial charge < -0.3 is 20.1 Å². The predicted octanol–water partition coefficient (Wildman–Crippen LogP) is 2.57. The summed E-state index contributed by atoms with van der Waals surface area (Å²) in [4.78, 5) is 24.0. The van der Waals surface area contributed by atoms with E-state index in [9.17, 15) is 9.59 Å². The Balaban J connectivity index is 1.77. The van der Waals surface area contributed by atoms with Gasteiger partial charge in [0.15, 0.2) is 11.5 Å². The van der Waals surface area contributed by atoms with Gasteiger partial charge >= 0.3 is 0 Å². The van der Waals surface area contributed by atoms with Crippen LogP contribution in [0.4, 0.5) is 0 Å². The molecule has 2 amide bonds. The molecule has 6 nitrogen and oxygen atoms in total. The lowest BCUT2D eigenvalue weighted by molar-refractivity contribution is -0.116. The molecular formula is C21H24N2O4. The van der Waals surface area contributed by atoms with E-state index in [1.807, 2.05) is 31.2 Å². The zero-order valence-electron chi connectivity index (χ0n) is 15.7. The molecule has 2 N–H and O–H groups in total. The van der Waals surface area contributed by atoms with Crippen molar-refractivity contribution in [2.45, 2.75) is 6.92 Å². The van der Waals surface area contributed by atoms with Crippen molar-refractivity contribution in [3.05, 3.63) is 65.2 Å². The third-order valence-electron chi connectivity index (χ3n) is 3.82. The molecule has 2 aromatic carbocycles. The number of hydrogen-bond acceptors (Lipinski definition) is 4. The van der Waals surface area contributed by atoms with E-state index in [-0.39, 0.29) is 11.8 Å². The molecular weight excluding hydrogens is 344 g/mol. The lowest BCUT2D eigenvalue weighted by atomic mass is 10.1. The van der Waals surface area contributed by atoms with Crippen LogP contribution in [0.3, 0.4) is 0 Å². The SMILES string of the molecule is COc1ccc(C(=O)NCCNC(=O)/C=C/c2cccc(C)c2)cc1OC. The maximum absolute atomic E-state index is 12.2. The quantitative estimate of drug-likeness (QED) is 0.555. The van der Waals surface area contributed by atoms with Gasteiger partial charge in [-0.05, 0) is 36.8 Å². The summed E-state index contributed by atoms with van der Waals surface area (Å²) in [6.45, 7) is 2.64. The number of nitrogens with one attached hydrogen (secondary N) is 2. The van der Waals surface area contributed by atoms with Crippen molar-refractivity contribution in [2.24, 2.45) is 0 Å². The summed E-state index contributed by atoms with van der Waals surface area (Å²) in [5.41, 5.74) is 2.56. The lowest BCUT2D eigenvalue weighted by Gasteiger charge is -2.10. The van der Waals surface area contributed by atoms with Gasteiger partial charge in [-0.2, -0.15) is 0 Å². The average molecular weight is 368 g/mol. The van der Waals surface area contributed by atoms with Crippen LogP contribution in [-0.4, -0.2) is 39.1 Å². The number of methoxy groups -OCH3 is 2. The molecule has 0 saturated heterocycles. The zero-order chi connectivity index (χ0) is 19.6. The highest BCUT2D eigenvalue weighted by Crippen LogP contribution is 2.27. The van der Waals surface area contributed by atoms with Crippen LogP contribution in [0.25, 0.3) is 6.08 Å². The molecule has 0 fully saturated rings. The first-order chi connectivity index (χ1) is 13.0. The highest BCUT2D eigenvalue weighted by Gasteiger charge is 2.10. The van der Waals surface area contributed by atoms with Crippen LogP contribution >= 0.6 is 0 Å². The highest BCUT2D eigenvalue weighted by molar-refractivity contribution is 5.95. The van der Waals surface area contributed by atoms with Gasteiger partial charge in [0.25, 0.3) is 5.91 Å². The molecule has 0 aromatic heterocycles. The summed E-state index contributed by atoms with van der Waals surface area (Å²) in [5, 5.41) is 5.48. The van der Waals surface area contributed by atoms with Crippen LogP contribution in [-0.2, 0) is 4.79 Å². The van der Waals surface area contributed by atoms with Crippen LogP contribution in [0.5, 0.6) is 11.5 Å². The highest BCUT2D eigenvalue weighted by atomic mass is 16.5. The molecule has 0 heterocycles. The molecule has 0 unspecified atom stereocenters. The second kappa shape index (κ2) is 10.0. The standard InChI is InChI=1S/C21H24N2O4/c1-15-5-4-6-16(13-15)7-10-20(24)22-11-12-23-21(25)17-8-9-18(26-2)19(14-17)27-3/h4-10,13-14H,11-12H2,1-3H3,(H,22,24)(H,23,25)/b10-7+. The topological polar surface area (TPSA) is 76.7 Å². The fraction of sp³-hybridized carbons (Fsp3) is 0.238. The summed E-state index contributed by atoms with van der Waals surface area (Å²) in [5.74, 6) is 0.582. The van der Waals surface area contributed by atoms with E-state index in [0.29, 0.717) is 30.2 Å². The summed E-state index contributed by atoms with van der Waals surface area (Å²) >= 11 is 0. The van der Waals surface area contributed by atoms with Crippen LogP contribution in [0.15, 0.2) is 48.5 Å². The molecule has 0 saturated carbocycles. The third kappa shape index (κ3) is 6.18. The van der Waals surface area contributed by atoms with Gasteiger partial charge in [-0.15, -0.1) is 0 Å².